The van der Waals surface area contributed by atoms with Crippen LogP contribution in [0.1, 0.15) is 6.92 Å². The fraction of sp³-hybridized carbons (Fsp3) is 0.200. The average Bonchev–Trinajstić information content (AvgIpc) is 2.54. The number of rotatable bonds is 0. The quantitative estimate of drug-likeness (QED) is 0.532. The van der Waals surface area contributed by atoms with Crippen LogP contribution in [0.15, 0.2) is 14.8 Å². The van der Waals surface area contributed by atoms with E-state index in [4.69, 9.17) is 5.73 Å². The van der Waals surface area contributed by atoms with Gasteiger partial charge in [0.2, 0.25) is 5.95 Å². The molecule has 0 fully saturated rings. The fourth-order valence-corrected chi connectivity index (χ4v) is 1.88. The van der Waals surface area contributed by atoms with Crippen molar-refractivity contribution in [1.82, 2.24) is 9.97 Å². The first kappa shape index (κ1) is 9.02. The predicted octanol–water partition coefficient (Wildman–Crippen LogP) is -1.83. The van der Waals surface area contributed by atoms with Crippen molar-refractivity contribution in [2.24, 2.45) is 9.98 Å². The Balaban J connectivity index is 2.39. The molecule has 80 valence electrons. The summed E-state index contributed by atoms with van der Waals surface area (Å²) in [5.41, 5.74) is 6.05. The molecule has 16 heavy (non-hydrogen) atoms. The highest BCUT2D eigenvalue weighted by Crippen LogP contribution is 2.09. The Kier molecular flexibility index (Phi) is 1.62. The molecule has 6 heteroatoms. The number of amidine groups is 1. The highest BCUT2D eigenvalue weighted by atomic mass is 16.1. The number of nitrogen functional groups attached to an aromatic ring is 1. The lowest BCUT2D eigenvalue weighted by Crippen LogP contribution is -2.47. The largest absolute Gasteiger partial charge is 0.369 e. The second kappa shape index (κ2) is 2.88. The highest BCUT2D eigenvalue weighted by molar-refractivity contribution is 6.23. The van der Waals surface area contributed by atoms with Crippen LogP contribution in [0.2, 0.25) is 0 Å². The van der Waals surface area contributed by atoms with Gasteiger partial charge in [-0.05, 0) is 19.1 Å². The van der Waals surface area contributed by atoms with E-state index in [-0.39, 0.29) is 17.5 Å². The molecule has 3 N–H and O–H groups in total. The number of fused-ring (bicyclic) bond motifs is 2. The maximum atomic E-state index is 11.6. The van der Waals surface area contributed by atoms with Crippen LogP contribution in [0.3, 0.4) is 0 Å². The Morgan fingerprint density at radius 1 is 1.50 bits per heavy atom. The Hall–Kier alpha value is -2.24. The van der Waals surface area contributed by atoms with Gasteiger partial charge in [0.1, 0.15) is 11.9 Å². The summed E-state index contributed by atoms with van der Waals surface area (Å²) in [6, 6.07) is -0.154. The molecule has 3 rings (SSSR count). The second-order valence-electron chi connectivity index (χ2n) is 3.72. The molecule has 1 aliphatic heterocycles. The first-order valence-corrected chi connectivity index (χ1v) is 4.86. The molecule has 1 aromatic rings. The molecule has 0 spiro atoms. The number of hydrogen-bond donors (Lipinski definition) is 2. The highest BCUT2D eigenvalue weighted by Gasteiger charge is 2.20. The molecule has 0 aromatic carbocycles. The molecular formula is C10H9N5O. The van der Waals surface area contributed by atoms with Gasteiger partial charge in [0.25, 0.3) is 5.56 Å². The normalized spacial score (nSPS) is 21.2. The van der Waals surface area contributed by atoms with E-state index in [9.17, 15) is 4.79 Å². The molecule has 1 aromatic heterocycles. The van der Waals surface area contributed by atoms with Crippen LogP contribution in [0.4, 0.5) is 5.95 Å². The lowest BCUT2D eigenvalue weighted by Gasteiger charge is -2.06. The van der Waals surface area contributed by atoms with Crippen molar-refractivity contribution >= 4 is 29.6 Å². The summed E-state index contributed by atoms with van der Waals surface area (Å²) in [7, 11) is 0. The van der Waals surface area contributed by atoms with Crippen LogP contribution in [0, 0.1) is 0 Å². The molecular weight excluding hydrogens is 206 g/mol. The minimum atomic E-state index is -0.238. The Bertz CT molecular complexity index is 710. The third-order valence-corrected chi connectivity index (χ3v) is 2.53. The van der Waals surface area contributed by atoms with Crippen LogP contribution < -0.4 is 21.9 Å². The van der Waals surface area contributed by atoms with Crippen molar-refractivity contribution < 1.29 is 0 Å². The second-order valence-corrected chi connectivity index (χ2v) is 3.72. The molecule has 0 radical (unpaired) electrons. The van der Waals surface area contributed by atoms with Crippen LogP contribution in [0.25, 0.3) is 12.2 Å². The van der Waals surface area contributed by atoms with E-state index in [1.54, 1.807) is 12.2 Å². The molecule has 6 nitrogen and oxygen atoms in total. The van der Waals surface area contributed by atoms with Gasteiger partial charge >= 0.3 is 0 Å². The molecule has 1 atom stereocenters. The zero-order valence-corrected chi connectivity index (χ0v) is 8.56. The van der Waals surface area contributed by atoms with E-state index in [0.29, 0.717) is 16.4 Å². The smallest absolute Gasteiger partial charge is 0.259 e. The topological polar surface area (TPSA) is 96.5 Å². The molecule has 1 aliphatic carbocycles. The lowest BCUT2D eigenvalue weighted by atomic mass is 10.1. The Morgan fingerprint density at radius 2 is 2.31 bits per heavy atom. The third kappa shape index (κ3) is 1.19. The van der Waals surface area contributed by atoms with Gasteiger partial charge in [-0.3, -0.25) is 14.8 Å². The zero-order chi connectivity index (χ0) is 11.3. The van der Waals surface area contributed by atoms with Crippen LogP contribution >= 0.6 is 0 Å². The monoisotopic (exact) mass is 215 g/mol. The zero-order valence-electron chi connectivity index (χ0n) is 8.56. The number of nitrogens with zero attached hydrogens (tertiary/aromatic N) is 3. The number of anilines is 1. The number of aliphatic imine (C=N–C) groups is 2. The minimum absolute atomic E-state index is 0.114. The van der Waals surface area contributed by atoms with Gasteiger partial charge in [-0.15, -0.1) is 0 Å². The summed E-state index contributed by atoms with van der Waals surface area (Å²) in [6.07, 6.45) is 3.52. The molecule has 2 aliphatic rings. The van der Waals surface area contributed by atoms with Gasteiger partial charge in [-0.25, -0.2) is 9.98 Å². The molecule has 2 heterocycles. The Labute approximate surface area is 90.0 Å². The minimum Gasteiger partial charge on any atom is -0.369 e. The van der Waals surface area contributed by atoms with Crippen LogP contribution in [-0.2, 0) is 0 Å². The van der Waals surface area contributed by atoms with E-state index < -0.39 is 0 Å². The number of aromatic amines is 1. The average molecular weight is 215 g/mol. The lowest BCUT2D eigenvalue weighted by molar-refractivity contribution is 1.05. The standard InChI is InChI=1S/C10H9N5O/c1-4-12-7-2-5-6(3-8(7)13-4)14-10(11)15-9(5)16/h2-3,7H,1H3,(H3,11,14,15,16). The van der Waals surface area contributed by atoms with Crippen molar-refractivity contribution in [1.29, 1.82) is 0 Å². The SMILES string of the molecule is CC1=NC2C=c3c(nc(N)[nH]c3=O)=CC2=N1. The summed E-state index contributed by atoms with van der Waals surface area (Å²) < 4.78 is 0. The summed E-state index contributed by atoms with van der Waals surface area (Å²) >= 11 is 0. The summed E-state index contributed by atoms with van der Waals surface area (Å²) in [4.78, 5) is 26.7. The summed E-state index contributed by atoms with van der Waals surface area (Å²) in [5, 5.41) is 1.07. The van der Waals surface area contributed by atoms with Gasteiger partial charge in [-0.1, -0.05) is 0 Å². The maximum Gasteiger partial charge on any atom is 0.259 e. The van der Waals surface area contributed by atoms with Crippen molar-refractivity contribution in [3.8, 4) is 0 Å². The number of hydrogen-bond acceptors (Lipinski definition) is 5. The summed E-state index contributed by atoms with van der Waals surface area (Å²) in [6.45, 7) is 1.82. The number of nitrogens with one attached hydrogen (secondary N) is 1. The molecule has 0 amide bonds. The maximum absolute atomic E-state index is 11.6. The van der Waals surface area contributed by atoms with Crippen LogP contribution in [-0.4, -0.2) is 27.6 Å². The van der Waals surface area contributed by atoms with Gasteiger partial charge in [0.15, 0.2) is 0 Å². The number of H-pyrrole nitrogens is 1. The van der Waals surface area contributed by atoms with Gasteiger partial charge < -0.3 is 5.73 Å². The van der Waals surface area contributed by atoms with Gasteiger partial charge in [0, 0.05) is 0 Å². The van der Waals surface area contributed by atoms with E-state index in [1.807, 2.05) is 6.92 Å². The molecule has 1 unspecified atom stereocenters. The van der Waals surface area contributed by atoms with Crippen molar-refractivity contribution in [3.05, 3.63) is 20.9 Å². The summed E-state index contributed by atoms with van der Waals surface area (Å²) in [5.74, 6) is 0.827. The predicted molar refractivity (Wildman–Crippen MR) is 61.8 cm³/mol. The first-order valence-electron chi connectivity index (χ1n) is 4.86. The van der Waals surface area contributed by atoms with Crippen LogP contribution in [0.5, 0.6) is 0 Å². The third-order valence-electron chi connectivity index (χ3n) is 2.53. The van der Waals surface area contributed by atoms with Gasteiger partial charge in [-0.2, -0.15) is 0 Å². The first-order chi connectivity index (χ1) is 7.63. The van der Waals surface area contributed by atoms with E-state index in [1.165, 1.54) is 0 Å². The van der Waals surface area contributed by atoms with E-state index in [2.05, 4.69) is 20.0 Å². The van der Waals surface area contributed by atoms with Gasteiger partial charge in [0.05, 0.1) is 16.3 Å². The van der Waals surface area contributed by atoms with Crippen molar-refractivity contribution in [3.63, 3.8) is 0 Å². The van der Waals surface area contributed by atoms with E-state index >= 15 is 0 Å². The Morgan fingerprint density at radius 3 is 3.12 bits per heavy atom. The number of aromatic nitrogens is 2. The molecule has 0 bridgehead atoms. The molecule has 0 saturated heterocycles. The van der Waals surface area contributed by atoms with Crippen molar-refractivity contribution in [2.75, 3.05) is 5.73 Å². The fourth-order valence-electron chi connectivity index (χ4n) is 1.88. The van der Waals surface area contributed by atoms with E-state index in [0.717, 1.165) is 5.71 Å². The molecule has 0 saturated carbocycles. The van der Waals surface area contributed by atoms with Crippen molar-refractivity contribution in [2.45, 2.75) is 13.0 Å². The number of nitrogens with two attached hydrogens (primary N) is 1.